The fraction of sp³-hybridized carbons (Fsp3) is 0.556. The lowest BCUT2D eigenvalue weighted by molar-refractivity contribution is 0.102. The number of nitrogens with zero attached hydrogens (tertiary/aromatic N) is 4. The van der Waals surface area contributed by atoms with Gasteiger partial charge in [0.1, 0.15) is 11.6 Å². The van der Waals surface area contributed by atoms with Crippen molar-refractivity contribution < 1.29 is 9.53 Å². The molecule has 2 aromatic rings. The van der Waals surface area contributed by atoms with Crippen LogP contribution in [0.2, 0.25) is 0 Å². The number of nitroso groups, excluding NO2 is 1. The summed E-state index contributed by atoms with van der Waals surface area (Å²) in [6.45, 7) is 8.92. The highest BCUT2D eigenvalue weighted by Crippen LogP contribution is 2.54. The Labute approximate surface area is 222 Å². The molecule has 9 nitrogen and oxygen atoms in total. The van der Waals surface area contributed by atoms with Crippen molar-refractivity contribution in [2.24, 2.45) is 10.6 Å². The molecule has 3 aliphatic rings. The Morgan fingerprint density at radius 1 is 1.08 bits per heavy atom. The predicted octanol–water partition coefficient (Wildman–Crippen LogP) is 4.69. The Morgan fingerprint density at radius 3 is 2.54 bits per heavy atom. The van der Waals surface area contributed by atoms with E-state index >= 15 is 0 Å². The van der Waals surface area contributed by atoms with Gasteiger partial charge in [-0.1, -0.05) is 11.2 Å². The lowest BCUT2D eigenvalue weighted by atomic mass is 9.93. The molecule has 198 valence electrons. The Balaban J connectivity index is 1.35. The van der Waals surface area contributed by atoms with Gasteiger partial charge in [-0.25, -0.2) is 4.98 Å². The second-order valence-corrected chi connectivity index (χ2v) is 11.9. The number of hydrogen-bond donors (Lipinski definition) is 2. The first kappa shape index (κ1) is 25.9. The number of rotatable bonds is 9. The van der Waals surface area contributed by atoms with E-state index in [1.165, 1.54) is 37.6 Å². The minimum Gasteiger partial charge on any atom is -0.378 e. The van der Waals surface area contributed by atoms with Crippen LogP contribution in [0.5, 0.6) is 0 Å². The number of anilines is 3. The van der Waals surface area contributed by atoms with Crippen molar-refractivity contribution in [2.75, 3.05) is 61.1 Å². The average molecular weight is 525 g/mol. The van der Waals surface area contributed by atoms with Crippen LogP contribution in [0.3, 0.4) is 0 Å². The van der Waals surface area contributed by atoms with E-state index in [0.29, 0.717) is 30.0 Å². The number of hydrogen-bond acceptors (Lipinski definition) is 9. The van der Waals surface area contributed by atoms with Crippen molar-refractivity contribution in [2.45, 2.75) is 50.0 Å². The van der Waals surface area contributed by atoms with E-state index in [2.05, 4.69) is 31.1 Å². The van der Waals surface area contributed by atoms with Gasteiger partial charge < -0.3 is 19.9 Å². The van der Waals surface area contributed by atoms with Crippen LogP contribution in [0.4, 0.5) is 17.3 Å². The minimum absolute atomic E-state index is 0.164. The van der Waals surface area contributed by atoms with E-state index in [4.69, 9.17) is 9.72 Å². The molecule has 2 aliphatic heterocycles. The second kappa shape index (κ2) is 11.0. The highest BCUT2D eigenvalue weighted by molar-refractivity contribution is 7.97. The van der Waals surface area contributed by atoms with Crippen LogP contribution in [0.1, 0.15) is 49.9 Å². The molecule has 1 spiro atoms. The number of pyridine rings is 1. The summed E-state index contributed by atoms with van der Waals surface area (Å²) >= 11 is 1.46. The second-order valence-electron chi connectivity index (χ2n) is 11.0. The number of piperidine rings is 1. The van der Waals surface area contributed by atoms with Gasteiger partial charge in [-0.3, -0.25) is 9.52 Å². The molecule has 10 heteroatoms. The molecule has 0 radical (unpaired) electrons. The van der Waals surface area contributed by atoms with Crippen LogP contribution in [0.15, 0.2) is 46.5 Å². The number of morpholine rings is 1. The van der Waals surface area contributed by atoms with E-state index in [1.807, 2.05) is 44.2 Å². The normalized spacial score (nSPS) is 19.1. The molecule has 0 bridgehead atoms. The molecule has 0 atom stereocenters. The Morgan fingerprint density at radius 2 is 1.84 bits per heavy atom. The smallest absolute Gasteiger partial charge is 0.258 e. The SMILES string of the molecule is CC(C)(CN=O)NSc1ccc(C(=O)Nc2cccc(N3CCOCC3)n2)c(N2CCC3(CC2)CC3)c1. The Kier molecular flexibility index (Phi) is 7.69. The first-order valence-electron chi connectivity index (χ1n) is 13.1. The van der Waals surface area contributed by atoms with Crippen molar-refractivity contribution in [1.82, 2.24) is 9.71 Å². The van der Waals surface area contributed by atoms with Gasteiger partial charge in [0.15, 0.2) is 0 Å². The number of ether oxygens (including phenoxy) is 1. The zero-order chi connectivity index (χ0) is 25.9. The molecule has 1 saturated carbocycles. The van der Waals surface area contributed by atoms with Crippen molar-refractivity contribution in [1.29, 1.82) is 0 Å². The summed E-state index contributed by atoms with van der Waals surface area (Å²) in [5.74, 6) is 1.22. The van der Waals surface area contributed by atoms with E-state index in [9.17, 15) is 9.70 Å². The van der Waals surface area contributed by atoms with Gasteiger partial charge in [-0.15, -0.1) is 0 Å². The fourth-order valence-corrected chi connectivity index (χ4v) is 5.73. The van der Waals surface area contributed by atoms with Crippen LogP contribution in [0, 0.1) is 10.3 Å². The molecule has 1 aromatic carbocycles. The van der Waals surface area contributed by atoms with Crippen LogP contribution in [-0.4, -0.2) is 62.4 Å². The largest absolute Gasteiger partial charge is 0.378 e. The number of aromatic nitrogens is 1. The van der Waals surface area contributed by atoms with Crippen LogP contribution >= 0.6 is 11.9 Å². The highest BCUT2D eigenvalue weighted by Gasteiger charge is 2.44. The van der Waals surface area contributed by atoms with E-state index < -0.39 is 5.54 Å². The molecular formula is C27H36N6O3S. The molecule has 3 fully saturated rings. The molecule has 1 aliphatic carbocycles. The van der Waals surface area contributed by atoms with Gasteiger partial charge in [0.2, 0.25) is 0 Å². The van der Waals surface area contributed by atoms with Gasteiger partial charge in [0.05, 0.1) is 31.0 Å². The summed E-state index contributed by atoms with van der Waals surface area (Å²) in [5, 5.41) is 6.08. The lowest BCUT2D eigenvalue weighted by Gasteiger charge is -2.35. The number of benzene rings is 1. The number of amides is 1. The van der Waals surface area contributed by atoms with Gasteiger partial charge >= 0.3 is 0 Å². The summed E-state index contributed by atoms with van der Waals surface area (Å²) in [6, 6.07) is 11.7. The first-order chi connectivity index (χ1) is 17.9. The highest BCUT2D eigenvalue weighted by atomic mass is 32.2. The fourth-order valence-electron chi connectivity index (χ4n) is 4.96. The molecule has 2 N–H and O–H groups in total. The maximum absolute atomic E-state index is 13.5. The number of carbonyl (C=O) groups is 1. The predicted molar refractivity (Wildman–Crippen MR) is 149 cm³/mol. The maximum atomic E-state index is 13.5. The number of nitrogens with one attached hydrogen (secondary N) is 2. The summed E-state index contributed by atoms with van der Waals surface area (Å²) in [4.78, 5) is 34.5. The number of carbonyl (C=O) groups excluding carboxylic acids is 1. The van der Waals surface area contributed by atoms with Gasteiger partial charge in [0, 0.05) is 36.6 Å². The topological polar surface area (TPSA) is 99.2 Å². The minimum atomic E-state index is -0.427. The quantitative estimate of drug-likeness (QED) is 0.360. The zero-order valence-electron chi connectivity index (χ0n) is 21.7. The van der Waals surface area contributed by atoms with Crippen LogP contribution in [0.25, 0.3) is 0 Å². The third-order valence-electron chi connectivity index (χ3n) is 7.55. The standard InChI is InChI=1S/C27H36N6O3S/c1-26(2,19-28-35)31-37-20-6-7-21(22(18-20)32-12-10-27(8-9-27)11-13-32)25(34)30-23-4-3-5-24(29-23)33-14-16-36-17-15-33/h3-7,18,31H,8-17,19H2,1-2H3,(H,29,30,34). The molecule has 37 heavy (non-hydrogen) atoms. The Hall–Kier alpha value is -2.69. The van der Waals surface area contributed by atoms with E-state index in [-0.39, 0.29) is 12.5 Å². The monoisotopic (exact) mass is 524 g/mol. The zero-order valence-corrected chi connectivity index (χ0v) is 22.5. The van der Waals surface area contributed by atoms with Gasteiger partial charge in [-0.2, -0.15) is 4.91 Å². The van der Waals surface area contributed by atoms with Crippen LogP contribution < -0.4 is 19.8 Å². The molecule has 5 rings (SSSR count). The Bertz CT molecular complexity index is 1120. The summed E-state index contributed by atoms with van der Waals surface area (Å²) in [7, 11) is 0. The molecular weight excluding hydrogens is 488 g/mol. The summed E-state index contributed by atoms with van der Waals surface area (Å²) in [6.07, 6.45) is 5.01. The van der Waals surface area contributed by atoms with Crippen molar-refractivity contribution in [3.05, 3.63) is 46.9 Å². The van der Waals surface area contributed by atoms with E-state index in [1.54, 1.807) is 0 Å². The average Bonchev–Trinajstić information content (AvgIpc) is 3.67. The molecule has 1 aromatic heterocycles. The molecule has 3 heterocycles. The first-order valence-corrected chi connectivity index (χ1v) is 13.9. The maximum Gasteiger partial charge on any atom is 0.258 e. The third-order valence-corrected chi connectivity index (χ3v) is 8.70. The summed E-state index contributed by atoms with van der Waals surface area (Å²) < 4.78 is 8.79. The lowest BCUT2D eigenvalue weighted by Crippen LogP contribution is -2.37. The van der Waals surface area contributed by atoms with E-state index in [0.717, 1.165) is 42.6 Å². The molecule has 2 saturated heterocycles. The van der Waals surface area contributed by atoms with Gasteiger partial charge in [-0.05, 0) is 87.2 Å². The molecule has 0 unspecified atom stereocenters. The third kappa shape index (κ3) is 6.42. The van der Waals surface area contributed by atoms with Crippen molar-refractivity contribution in [3.63, 3.8) is 0 Å². The van der Waals surface area contributed by atoms with Crippen molar-refractivity contribution in [3.8, 4) is 0 Å². The van der Waals surface area contributed by atoms with Gasteiger partial charge in [0.25, 0.3) is 5.91 Å². The molecule has 1 amide bonds. The van der Waals surface area contributed by atoms with Crippen LogP contribution in [-0.2, 0) is 4.74 Å². The van der Waals surface area contributed by atoms with Crippen molar-refractivity contribution >= 4 is 35.2 Å². The summed E-state index contributed by atoms with van der Waals surface area (Å²) in [5.41, 5.74) is 1.70.